The number of aliphatic hydroxyl groups excluding tert-OH is 1. The summed E-state index contributed by atoms with van der Waals surface area (Å²) in [7, 11) is 2.07. The second-order valence-corrected chi connectivity index (χ2v) is 11.3. The molecule has 4 aromatic rings. The fraction of sp³-hybridized carbons (Fsp3) is 0.286. The summed E-state index contributed by atoms with van der Waals surface area (Å²) < 4.78 is 6.54. The van der Waals surface area contributed by atoms with Crippen molar-refractivity contribution in [2.45, 2.75) is 32.5 Å². The quantitative estimate of drug-likeness (QED) is 0.278. The average Bonchev–Trinajstić information content (AvgIpc) is 3.03. The van der Waals surface area contributed by atoms with Gasteiger partial charge in [0.05, 0.1) is 18.2 Å². The van der Waals surface area contributed by atoms with Gasteiger partial charge in [-0.1, -0.05) is 61.5 Å². The number of aliphatic hydroxyl groups is 1. The van der Waals surface area contributed by atoms with Crippen LogP contribution in [0.5, 0.6) is 5.75 Å². The standard InChI is InChI=1S/C35H38N4O4/c1-24-20-39(25(2)23-40)35(42)31-19-30(37-34(41)29-15-17-36-18-16-29)13-14-32(31)43-33(24)22-38(3)21-26-9-11-28(12-10-26)27-7-5-4-6-8-27/h4-19,24-25,33,40H,20-23H2,1-3H3,(H,37,41)/t24-,25+,33-/m0/s1. The van der Waals surface area contributed by atoms with Gasteiger partial charge in [-0.25, -0.2) is 0 Å². The third kappa shape index (κ3) is 7.28. The van der Waals surface area contributed by atoms with Crippen LogP contribution in [0, 0.1) is 5.92 Å². The van der Waals surface area contributed by atoms with Crippen LogP contribution < -0.4 is 10.1 Å². The third-order valence-electron chi connectivity index (χ3n) is 7.87. The molecule has 3 atom stereocenters. The highest BCUT2D eigenvalue weighted by atomic mass is 16.5. The Hall–Kier alpha value is -4.53. The minimum Gasteiger partial charge on any atom is -0.488 e. The van der Waals surface area contributed by atoms with Gasteiger partial charge in [0.1, 0.15) is 11.9 Å². The maximum Gasteiger partial charge on any atom is 0.258 e. The van der Waals surface area contributed by atoms with E-state index in [-0.39, 0.29) is 36.5 Å². The van der Waals surface area contributed by atoms with Gasteiger partial charge in [0.25, 0.3) is 11.8 Å². The predicted molar refractivity (Wildman–Crippen MR) is 168 cm³/mol. The Balaban J connectivity index is 1.34. The van der Waals surface area contributed by atoms with Gasteiger partial charge < -0.3 is 20.1 Å². The number of hydrogen-bond acceptors (Lipinski definition) is 6. The number of amides is 2. The molecule has 1 aromatic heterocycles. The topological polar surface area (TPSA) is 95.0 Å². The number of hydrogen-bond donors (Lipinski definition) is 2. The molecule has 3 aromatic carbocycles. The van der Waals surface area contributed by atoms with Gasteiger partial charge in [-0.3, -0.25) is 19.5 Å². The summed E-state index contributed by atoms with van der Waals surface area (Å²) >= 11 is 0. The molecule has 1 aliphatic rings. The first-order valence-corrected chi connectivity index (χ1v) is 14.6. The zero-order valence-corrected chi connectivity index (χ0v) is 24.8. The van der Waals surface area contributed by atoms with E-state index in [1.807, 2.05) is 25.1 Å². The van der Waals surface area contributed by atoms with Crippen molar-refractivity contribution < 1.29 is 19.4 Å². The fourth-order valence-corrected chi connectivity index (χ4v) is 5.34. The molecule has 2 N–H and O–H groups in total. The van der Waals surface area contributed by atoms with E-state index in [1.165, 1.54) is 16.7 Å². The number of carbonyl (C=O) groups excluding carboxylic acids is 2. The van der Waals surface area contributed by atoms with Gasteiger partial charge in [0.15, 0.2) is 0 Å². The number of benzene rings is 3. The number of carbonyl (C=O) groups is 2. The van der Waals surface area contributed by atoms with E-state index < -0.39 is 0 Å². The van der Waals surface area contributed by atoms with Gasteiger partial charge in [0.2, 0.25) is 0 Å². The third-order valence-corrected chi connectivity index (χ3v) is 7.87. The molecule has 0 bridgehead atoms. The zero-order valence-electron chi connectivity index (χ0n) is 24.8. The fourth-order valence-electron chi connectivity index (χ4n) is 5.34. The highest BCUT2D eigenvalue weighted by Gasteiger charge is 2.33. The summed E-state index contributed by atoms with van der Waals surface area (Å²) in [6.07, 6.45) is 2.89. The number of aromatic nitrogens is 1. The smallest absolute Gasteiger partial charge is 0.258 e. The normalized spacial score (nSPS) is 17.4. The predicted octanol–water partition coefficient (Wildman–Crippen LogP) is 5.35. The monoisotopic (exact) mass is 578 g/mol. The maximum absolute atomic E-state index is 13.7. The summed E-state index contributed by atoms with van der Waals surface area (Å²) in [5, 5.41) is 12.8. The molecule has 1 aliphatic heterocycles. The molecule has 5 rings (SSSR count). The lowest BCUT2D eigenvalue weighted by molar-refractivity contribution is 0.0341. The van der Waals surface area contributed by atoms with E-state index in [0.29, 0.717) is 35.7 Å². The lowest BCUT2D eigenvalue weighted by Gasteiger charge is -2.38. The Labute approximate surface area is 252 Å². The van der Waals surface area contributed by atoms with E-state index >= 15 is 0 Å². The first-order valence-electron chi connectivity index (χ1n) is 14.6. The Kier molecular flexibility index (Phi) is 9.49. The molecular weight excluding hydrogens is 540 g/mol. The lowest BCUT2D eigenvalue weighted by Crippen LogP contribution is -2.49. The zero-order chi connectivity index (χ0) is 30.3. The van der Waals surface area contributed by atoms with Crippen LogP contribution in [-0.4, -0.2) is 70.6 Å². The molecule has 2 heterocycles. The molecule has 0 fully saturated rings. The largest absolute Gasteiger partial charge is 0.488 e. The van der Waals surface area contributed by atoms with Crippen molar-refractivity contribution in [2.24, 2.45) is 5.92 Å². The Morgan fingerprint density at radius 1 is 1.05 bits per heavy atom. The highest BCUT2D eigenvalue weighted by Crippen LogP contribution is 2.31. The second-order valence-electron chi connectivity index (χ2n) is 11.3. The second kappa shape index (κ2) is 13.6. The van der Waals surface area contributed by atoms with Gasteiger partial charge >= 0.3 is 0 Å². The highest BCUT2D eigenvalue weighted by molar-refractivity contribution is 6.05. The van der Waals surface area contributed by atoms with Crippen LogP contribution in [0.3, 0.4) is 0 Å². The maximum atomic E-state index is 13.7. The Morgan fingerprint density at radius 3 is 2.44 bits per heavy atom. The summed E-state index contributed by atoms with van der Waals surface area (Å²) in [4.78, 5) is 34.4. The number of fused-ring (bicyclic) bond motifs is 1. The van der Waals surface area contributed by atoms with Crippen molar-refractivity contribution in [3.63, 3.8) is 0 Å². The molecule has 0 aliphatic carbocycles. The minimum atomic E-state index is -0.377. The number of nitrogens with zero attached hydrogens (tertiary/aromatic N) is 3. The van der Waals surface area contributed by atoms with Crippen LogP contribution in [0.2, 0.25) is 0 Å². The van der Waals surface area contributed by atoms with Gasteiger partial charge in [-0.05, 0) is 61.0 Å². The van der Waals surface area contributed by atoms with Crippen molar-refractivity contribution >= 4 is 17.5 Å². The molecule has 0 saturated heterocycles. The number of nitrogens with one attached hydrogen (secondary N) is 1. The van der Waals surface area contributed by atoms with Gasteiger partial charge in [-0.2, -0.15) is 0 Å². The van der Waals surface area contributed by atoms with Crippen molar-refractivity contribution in [2.75, 3.05) is 32.1 Å². The first-order chi connectivity index (χ1) is 20.8. The molecule has 2 amide bonds. The van der Waals surface area contributed by atoms with Crippen LogP contribution in [0.4, 0.5) is 5.69 Å². The van der Waals surface area contributed by atoms with Crippen molar-refractivity contribution in [3.05, 3.63) is 114 Å². The average molecular weight is 579 g/mol. The van der Waals surface area contributed by atoms with Crippen LogP contribution >= 0.6 is 0 Å². The summed E-state index contributed by atoms with van der Waals surface area (Å²) in [5.41, 5.74) is 4.86. The van der Waals surface area contributed by atoms with E-state index in [4.69, 9.17) is 4.74 Å². The van der Waals surface area contributed by atoms with Crippen LogP contribution in [-0.2, 0) is 6.54 Å². The first kappa shape index (κ1) is 29.9. The van der Waals surface area contributed by atoms with Gasteiger partial charge in [0, 0.05) is 49.2 Å². The molecule has 222 valence electrons. The van der Waals surface area contributed by atoms with E-state index in [9.17, 15) is 14.7 Å². The van der Waals surface area contributed by atoms with Crippen LogP contribution in [0.1, 0.15) is 40.1 Å². The molecule has 8 nitrogen and oxygen atoms in total. The number of likely N-dealkylation sites (N-methyl/N-ethyl adjacent to an activating group) is 1. The summed E-state index contributed by atoms with van der Waals surface area (Å²) in [6.45, 7) is 5.56. The minimum absolute atomic E-state index is 0.0000704. The Morgan fingerprint density at radius 2 is 1.74 bits per heavy atom. The molecule has 0 saturated carbocycles. The van der Waals surface area contributed by atoms with Crippen molar-refractivity contribution in [1.29, 1.82) is 0 Å². The van der Waals surface area contributed by atoms with Crippen LogP contribution in [0.15, 0.2) is 97.3 Å². The number of ether oxygens (including phenoxy) is 1. The summed E-state index contributed by atoms with van der Waals surface area (Å²) in [5.74, 6) is -0.0833. The molecular formula is C35H38N4O4. The van der Waals surface area contributed by atoms with Crippen LogP contribution in [0.25, 0.3) is 11.1 Å². The number of anilines is 1. The summed E-state index contributed by atoms with van der Waals surface area (Å²) in [6, 6.07) is 26.9. The van der Waals surface area contributed by atoms with Gasteiger partial charge in [-0.15, -0.1) is 0 Å². The molecule has 43 heavy (non-hydrogen) atoms. The molecule has 0 spiro atoms. The molecule has 8 heteroatoms. The Bertz CT molecular complexity index is 1530. The van der Waals surface area contributed by atoms with E-state index in [0.717, 1.165) is 6.54 Å². The van der Waals surface area contributed by atoms with Crippen molar-refractivity contribution in [3.8, 4) is 16.9 Å². The number of pyridine rings is 1. The SMILES string of the molecule is C[C@H](CO)N1C[C@H](C)[C@H](CN(C)Cc2ccc(-c3ccccc3)cc2)Oc2ccc(NC(=O)c3ccncc3)cc2C1=O. The van der Waals surface area contributed by atoms with E-state index in [2.05, 4.69) is 65.6 Å². The van der Waals surface area contributed by atoms with Crippen molar-refractivity contribution in [1.82, 2.24) is 14.8 Å². The molecule has 0 radical (unpaired) electrons. The number of rotatable bonds is 9. The molecule has 0 unspecified atom stereocenters. The van der Waals surface area contributed by atoms with E-state index in [1.54, 1.807) is 47.6 Å². The lowest BCUT2D eigenvalue weighted by atomic mass is 9.99.